The van der Waals surface area contributed by atoms with E-state index in [4.69, 9.17) is 9.47 Å². The molecule has 1 atom stereocenters. The highest BCUT2D eigenvalue weighted by Crippen LogP contribution is 2.36. The Morgan fingerprint density at radius 1 is 1.25 bits per heavy atom. The molecule has 1 aromatic rings. The molecule has 2 saturated heterocycles. The summed E-state index contributed by atoms with van der Waals surface area (Å²) in [5.74, 6) is 4.35. The van der Waals surface area contributed by atoms with Crippen molar-refractivity contribution in [2.75, 3.05) is 51.4 Å². The molecule has 1 aliphatic carbocycles. The van der Waals surface area contributed by atoms with E-state index in [1.54, 1.807) is 0 Å². The topological polar surface area (TPSA) is 58.1 Å². The van der Waals surface area contributed by atoms with E-state index >= 15 is 0 Å². The average molecular weight is 575 g/mol. The van der Waals surface area contributed by atoms with Crippen molar-refractivity contribution in [1.82, 2.24) is 15.5 Å². The minimum absolute atomic E-state index is 0. The monoisotopic (exact) mass is 574 g/mol. The molecule has 2 heterocycles. The van der Waals surface area contributed by atoms with Crippen molar-refractivity contribution in [3.8, 4) is 5.75 Å². The van der Waals surface area contributed by atoms with Gasteiger partial charge in [0.1, 0.15) is 11.9 Å². The molecule has 0 amide bonds. The van der Waals surface area contributed by atoms with Gasteiger partial charge in [0.05, 0.1) is 13.2 Å². The molecule has 1 saturated carbocycles. The van der Waals surface area contributed by atoms with E-state index in [1.807, 2.05) is 7.05 Å². The zero-order valence-electron chi connectivity index (χ0n) is 19.5. The molecule has 4 rings (SSSR count). The first kappa shape index (κ1) is 25.9. The number of guanidine groups is 1. The molecule has 0 bridgehead atoms. The quantitative estimate of drug-likeness (QED) is 0.294. The van der Waals surface area contributed by atoms with Crippen LogP contribution in [0.4, 0.5) is 0 Å². The first-order chi connectivity index (χ1) is 15.2. The Morgan fingerprint density at radius 3 is 2.72 bits per heavy atom. The Kier molecular flexibility index (Phi) is 10.3. The normalized spacial score (nSPS) is 23.6. The van der Waals surface area contributed by atoms with Gasteiger partial charge >= 0.3 is 0 Å². The summed E-state index contributed by atoms with van der Waals surface area (Å²) in [5.41, 5.74) is 2.66. The van der Waals surface area contributed by atoms with Crippen molar-refractivity contribution < 1.29 is 9.47 Å². The maximum absolute atomic E-state index is 6.26. The number of rotatable bonds is 7. The van der Waals surface area contributed by atoms with E-state index in [9.17, 15) is 0 Å². The van der Waals surface area contributed by atoms with Crippen LogP contribution < -0.4 is 15.4 Å². The minimum atomic E-state index is 0. The van der Waals surface area contributed by atoms with Crippen molar-refractivity contribution in [2.24, 2.45) is 4.99 Å². The molecular weight excluding hydrogens is 535 g/mol. The van der Waals surface area contributed by atoms with Crippen LogP contribution in [0.15, 0.2) is 23.2 Å². The number of thioether (sulfide) groups is 1. The summed E-state index contributed by atoms with van der Waals surface area (Å²) in [6.45, 7) is 7.67. The molecule has 0 spiro atoms. The fraction of sp³-hybridized carbons (Fsp3) is 0.708. The van der Waals surface area contributed by atoms with Crippen LogP contribution in [0, 0.1) is 6.92 Å². The standard InChI is InChI=1S/C24H38N4O2S.HI/c1-19-5-6-20(22(15-19)30-21-7-12-29-17-21)16-26-23(25-2)27-18-24(8-3-4-9-24)28-10-13-31-14-11-28;/h5-6,15,21H,3-4,7-14,16-18H2,1-2H3,(H2,25,26,27);1H. The number of hydrogen-bond donors (Lipinski definition) is 2. The molecule has 32 heavy (non-hydrogen) atoms. The van der Waals surface area contributed by atoms with E-state index in [1.165, 1.54) is 55.8 Å². The van der Waals surface area contributed by atoms with Crippen molar-refractivity contribution >= 4 is 41.7 Å². The number of aliphatic imine (C=N–C) groups is 1. The van der Waals surface area contributed by atoms with Gasteiger partial charge in [0.25, 0.3) is 0 Å². The van der Waals surface area contributed by atoms with E-state index in [-0.39, 0.29) is 30.1 Å². The van der Waals surface area contributed by atoms with E-state index in [2.05, 4.69) is 57.4 Å². The third-order valence-electron chi connectivity index (χ3n) is 6.88. The van der Waals surface area contributed by atoms with E-state index < -0.39 is 0 Å². The summed E-state index contributed by atoms with van der Waals surface area (Å²) in [4.78, 5) is 7.24. The van der Waals surface area contributed by atoms with Crippen molar-refractivity contribution in [1.29, 1.82) is 0 Å². The third-order valence-corrected chi connectivity index (χ3v) is 7.82. The number of nitrogens with zero attached hydrogens (tertiary/aromatic N) is 2. The van der Waals surface area contributed by atoms with Crippen molar-refractivity contribution in [3.63, 3.8) is 0 Å². The van der Waals surface area contributed by atoms with Gasteiger partial charge in [-0.3, -0.25) is 9.89 Å². The summed E-state index contributed by atoms with van der Waals surface area (Å²) in [5, 5.41) is 7.17. The molecular formula is C24H39IN4O2S. The predicted octanol–water partition coefficient (Wildman–Crippen LogP) is 3.81. The highest BCUT2D eigenvalue weighted by Gasteiger charge is 2.40. The maximum atomic E-state index is 6.26. The second-order valence-corrected chi connectivity index (χ2v) is 10.2. The summed E-state index contributed by atoms with van der Waals surface area (Å²) in [6.07, 6.45) is 6.38. The smallest absolute Gasteiger partial charge is 0.191 e. The van der Waals surface area contributed by atoms with Gasteiger partial charge in [0.15, 0.2) is 5.96 Å². The highest BCUT2D eigenvalue weighted by molar-refractivity contribution is 14.0. The largest absolute Gasteiger partial charge is 0.488 e. The number of hydrogen-bond acceptors (Lipinski definition) is 5. The van der Waals surface area contributed by atoms with Gasteiger partial charge in [0, 0.05) is 62.3 Å². The second-order valence-electron chi connectivity index (χ2n) is 9.02. The van der Waals surface area contributed by atoms with Gasteiger partial charge in [-0.25, -0.2) is 0 Å². The predicted molar refractivity (Wildman–Crippen MR) is 145 cm³/mol. The van der Waals surface area contributed by atoms with Gasteiger partial charge in [-0.15, -0.1) is 24.0 Å². The van der Waals surface area contributed by atoms with Crippen LogP contribution in [-0.4, -0.2) is 73.9 Å². The zero-order chi connectivity index (χ0) is 21.5. The Balaban J connectivity index is 0.00000289. The van der Waals surface area contributed by atoms with Crippen LogP contribution >= 0.6 is 35.7 Å². The summed E-state index contributed by atoms with van der Waals surface area (Å²) in [7, 11) is 1.86. The maximum Gasteiger partial charge on any atom is 0.191 e. The van der Waals surface area contributed by atoms with Crippen LogP contribution in [0.3, 0.4) is 0 Å². The third kappa shape index (κ3) is 6.67. The molecule has 1 aromatic carbocycles. The lowest BCUT2D eigenvalue weighted by Crippen LogP contribution is -2.57. The fourth-order valence-electron chi connectivity index (χ4n) is 5.03. The van der Waals surface area contributed by atoms with Gasteiger partial charge in [-0.1, -0.05) is 25.0 Å². The molecule has 180 valence electrons. The second kappa shape index (κ2) is 12.7. The Hall–Kier alpha value is -0.710. The summed E-state index contributed by atoms with van der Waals surface area (Å²) in [6, 6.07) is 6.44. The molecule has 8 heteroatoms. The first-order valence-corrected chi connectivity index (χ1v) is 13.0. The van der Waals surface area contributed by atoms with E-state index in [0.717, 1.165) is 36.8 Å². The molecule has 6 nitrogen and oxygen atoms in total. The van der Waals surface area contributed by atoms with Gasteiger partial charge in [0.2, 0.25) is 0 Å². The Bertz CT molecular complexity index is 746. The molecule has 1 unspecified atom stereocenters. The first-order valence-electron chi connectivity index (χ1n) is 11.8. The van der Waals surface area contributed by atoms with Crippen LogP contribution in [0.5, 0.6) is 5.75 Å². The Morgan fingerprint density at radius 2 is 2.03 bits per heavy atom. The highest BCUT2D eigenvalue weighted by atomic mass is 127. The molecule has 0 aromatic heterocycles. The number of aryl methyl sites for hydroxylation is 1. The van der Waals surface area contributed by atoms with Crippen LogP contribution in [-0.2, 0) is 11.3 Å². The number of nitrogens with one attached hydrogen (secondary N) is 2. The lowest BCUT2D eigenvalue weighted by Gasteiger charge is -2.43. The summed E-state index contributed by atoms with van der Waals surface area (Å²) < 4.78 is 11.7. The lowest BCUT2D eigenvalue weighted by atomic mass is 9.94. The van der Waals surface area contributed by atoms with Crippen LogP contribution in [0.1, 0.15) is 43.2 Å². The SMILES string of the molecule is CN=C(NCc1ccc(C)cc1OC1CCOC1)NCC1(N2CCSCC2)CCCC1.I. The van der Waals surface area contributed by atoms with Crippen LogP contribution in [0.2, 0.25) is 0 Å². The molecule has 3 aliphatic rings. The fourth-order valence-corrected chi connectivity index (χ4v) is 5.93. The molecule has 3 fully saturated rings. The Labute approximate surface area is 214 Å². The number of ether oxygens (including phenoxy) is 2. The van der Waals surface area contributed by atoms with E-state index in [0.29, 0.717) is 18.7 Å². The van der Waals surface area contributed by atoms with Gasteiger partial charge in [-0.2, -0.15) is 11.8 Å². The van der Waals surface area contributed by atoms with Gasteiger partial charge in [-0.05, 0) is 31.4 Å². The molecule has 2 N–H and O–H groups in total. The zero-order valence-corrected chi connectivity index (χ0v) is 22.7. The molecule has 2 aliphatic heterocycles. The lowest BCUT2D eigenvalue weighted by molar-refractivity contribution is 0.107. The van der Waals surface area contributed by atoms with Crippen molar-refractivity contribution in [2.45, 2.75) is 57.2 Å². The number of halogens is 1. The van der Waals surface area contributed by atoms with Crippen LogP contribution in [0.25, 0.3) is 0 Å². The summed E-state index contributed by atoms with van der Waals surface area (Å²) >= 11 is 2.09. The van der Waals surface area contributed by atoms with Gasteiger partial charge < -0.3 is 20.1 Å². The minimum Gasteiger partial charge on any atom is -0.488 e. The number of benzene rings is 1. The molecule has 0 radical (unpaired) electrons. The van der Waals surface area contributed by atoms with Crippen molar-refractivity contribution in [3.05, 3.63) is 29.3 Å². The average Bonchev–Trinajstić information content (AvgIpc) is 3.49.